The topological polar surface area (TPSA) is 84.5 Å². The summed E-state index contributed by atoms with van der Waals surface area (Å²) in [4.78, 5) is 2.43. The summed E-state index contributed by atoms with van der Waals surface area (Å²) in [6.45, 7) is 7.48. The molecule has 9 rings (SSSR count). The maximum Gasteiger partial charge on any atom is 0.0991 e. The summed E-state index contributed by atoms with van der Waals surface area (Å²) in [5.74, 6) is 0. The molecule has 6 nitrogen and oxygen atoms in total. The van der Waals surface area contributed by atoms with E-state index in [0.29, 0.717) is 16.7 Å². The summed E-state index contributed by atoms with van der Waals surface area (Å²) in [5.41, 5.74) is 14.8. The highest BCUT2D eigenvalue weighted by Crippen LogP contribution is 2.41. The van der Waals surface area contributed by atoms with Gasteiger partial charge >= 0.3 is 0 Å². The quantitative estimate of drug-likeness (QED) is 0.168. The second-order valence-electron chi connectivity index (χ2n) is 13.7. The van der Waals surface area contributed by atoms with Crippen molar-refractivity contribution in [1.82, 2.24) is 9.13 Å². The van der Waals surface area contributed by atoms with Crippen LogP contribution >= 0.6 is 0 Å². The average molecular weight is 693 g/mol. The van der Waals surface area contributed by atoms with Crippen molar-refractivity contribution >= 4 is 44.5 Å². The number of benzene rings is 6. The van der Waals surface area contributed by atoms with E-state index >= 15 is 0 Å². The zero-order valence-corrected chi connectivity index (χ0v) is 29.6. The van der Waals surface area contributed by atoms with Crippen LogP contribution in [0.2, 0.25) is 0 Å². The molecule has 0 saturated carbocycles. The van der Waals surface area contributed by atoms with E-state index in [-0.39, 0.29) is 0 Å². The zero-order valence-electron chi connectivity index (χ0n) is 29.6. The minimum Gasteiger partial charge on any atom is -0.363 e. The second-order valence-corrected chi connectivity index (χ2v) is 13.7. The van der Waals surface area contributed by atoms with E-state index < -0.39 is 0 Å². The highest BCUT2D eigenvalue weighted by atomic mass is 15.1. The van der Waals surface area contributed by atoms with Gasteiger partial charge in [0.15, 0.2) is 0 Å². The molecule has 54 heavy (non-hydrogen) atoms. The van der Waals surface area contributed by atoms with Gasteiger partial charge in [-0.15, -0.1) is 0 Å². The van der Waals surface area contributed by atoms with Gasteiger partial charge in [0.1, 0.15) is 0 Å². The molecule has 3 heterocycles. The Morgan fingerprint density at radius 3 is 1.57 bits per heavy atom. The number of anilines is 1. The van der Waals surface area contributed by atoms with E-state index in [9.17, 15) is 15.8 Å². The lowest BCUT2D eigenvalue weighted by Gasteiger charge is -2.24. The first-order valence-electron chi connectivity index (χ1n) is 17.8. The fourth-order valence-corrected chi connectivity index (χ4v) is 8.13. The lowest BCUT2D eigenvalue weighted by atomic mass is 9.95. The summed E-state index contributed by atoms with van der Waals surface area (Å²) in [6, 6.07) is 48.4. The van der Waals surface area contributed by atoms with E-state index in [0.717, 1.165) is 85.2 Å². The number of hydrogen-bond acceptors (Lipinski definition) is 4. The fraction of sp³-hybridized carbons (Fsp3) is 0.0625. The lowest BCUT2D eigenvalue weighted by Crippen LogP contribution is -2.20. The third-order valence-electron chi connectivity index (χ3n) is 10.6. The Labute approximate surface area is 313 Å². The third kappa shape index (κ3) is 5.16. The van der Waals surface area contributed by atoms with Gasteiger partial charge in [-0.1, -0.05) is 55.1 Å². The Morgan fingerprint density at radius 1 is 0.556 bits per heavy atom. The van der Waals surface area contributed by atoms with Gasteiger partial charge in [0, 0.05) is 57.6 Å². The Balaban J connectivity index is 1.29. The first-order chi connectivity index (χ1) is 26.5. The first-order valence-corrected chi connectivity index (χ1v) is 17.8. The number of aromatic nitrogens is 2. The van der Waals surface area contributed by atoms with E-state index in [2.05, 4.69) is 119 Å². The van der Waals surface area contributed by atoms with E-state index in [4.69, 9.17) is 0 Å². The molecule has 0 radical (unpaired) electrons. The van der Waals surface area contributed by atoms with Crippen LogP contribution < -0.4 is 4.90 Å². The predicted octanol–water partition coefficient (Wildman–Crippen LogP) is 11.0. The van der Waals surface area contributed by atoms with Crippen molar-refractivity contribution in [2.75, 3.05) is 4.90 Å². The van der Waals surface area contributed by atoms with Crippen LogP contribution in [0.25, 0.3) is 61.3 Å². The summed E-state index contributed by atoms with van der Waals surface area (Å²) in [7, 11) is 0. The van der Waals surface area contributed by atoms with Gasteiger partial charge in [-0.3, -0.25) is 0 Å². The van der Waals surface area contributed by atoms with Crippen molar-refractivity contribution < 1.29 is 0 Å². The molecule has 6 aromatic carbocycles. The molecule has 0 N–H and O–H groups in total. The minimum absolute atomic E-state index is 0.577. The number of allylic oxidation sites excluding steroid dienone is 2. The number of rotatable bonds is 5. The maximum absolute atomic E-state index is 9.76. The SMILES string of the molecule is C=C/C=C\c1c(C)n(-c2ccc3c(c2)-c2cc(-n4c5ccc(C#N)cc5c5cc(C#N)ccc54)ccc2CN(c2ccccc2)C3)c2ccc(C#N)cc12. The van der Waals surface area contributed by atoms with Crippen LogP contribution in [-0.2, 0) is 13.1 Å². The molecule has 0 atom stereocenters. The molecule has 0 unspecified atom stereocenters. The Hall–Kier alpha value is -7.59. The molecule has 8 aromatic rings. The highest BCUT2D eigenvalue weighted by molar-refractivity contribution is 6.10. The number of fused-ring (bicyclic) bond motifs is 7. The van der Waals surface area contributed by atoms with Gasteiger partial charge in [0.25, 0.3) is 0 Å². The number of nitrogens with zero attached hydrogens (tertiary/aromatic N) is 6. The molecule has 0 amide bonds. The first kappa shape index (κ1) is 32.3. The maximum atomic E-state index is 9.76. The van der Waals surface area contributed by atoms with Crippen molar-refractivity contribution in [3.05, 3.63) is 179 Å². The van der Waals surface area contributed by atoms with E-state index in [1.807, 2.05) is 60.7 Å². The molecular weight excluding hydrogens is 661 g/mol. The Bertz CT molecular complexity index is 2940. The van der Waals surface area contributed by atoms with E-state index in [1.54, 1.807) is 6.08 Å². The molecular formula is C48H32N6. The monoisotopic (exact) mass is 692 g/mol. The van der Waals surface area contributed by atoms with Crippen LogP contribution in [-0.4, -0.2) is 9.13 Å². The summed E-state index contributed by atoms with van der Waals surface area (Å²) in [5, 5.41) is 32.1. The van der Waals surface area contributed by atoms with Crippen molar-refractivity contribution in [2.45, 2.75) is 20.0 Å². The van der Waals surface area contributed by atoms with Crippen LogP contribution in [0.5, 0.6) is 0 Å². The van der Waals surface area contributed by atoms with Gasteiger partial charge in [-0.2, -0.15) is 15.8 Å². The van der Waals surface area contributed by atoms with Crippen LogP contribution in [0.1, 0.15) is 39.1 Å². The molecule has 254 valence electrons. The van der Waals surface area contributed by atoms with Crippen LogP contribution in [0.4, 0.5) is 5.69 Å². The van der Waals surface area contributed by atoms with Crippen LogP contribution in [0.15, 0.2) is 140 Å². The minimum atomic E-state index is 0.577. The molecule has 0 bridgehead atoms. The largest absolute Gasteiger partial charge is 0.363 e. The van der Waals surface area contributed by atoms with Crippen LogP contribution in [0.3, 0.4) is 0 Å². The van der Waals surface area contributed by atoms with Gasteiger partial charge in [-0.25, -0.2) is 0 Å². The molecule has 1 aliphatic heterocycles. The van der Waals surface area contributed by atoms with Crippen molar-refractivity contribution in [1.29, 1.82) is 15.8 Å². The summed E-state index contributed by atoms with van der Waals surface area (Å²) in [6.07, 6.45) is 5.78. The van der Waals surface area contributed by atoms with Gasteiger partial charge < -0.3 is 14.0 Å². The average Bonchev–Trinajstić information content (AvgIpc) is 3.62. The molecule has 0 spiro atoms. The molecule has 1 aliphatic rings. The molecule has 0 fully saturated rings. The Morgan fingerprint density at radius 2 is 1.06 bits per heavy atom. The van der Waals surface area contributed by atoms with Crippen molar-refractivity contribution in [3.63, 3.8) is 0 Å². The fourth-order valence-electron chi connectivity index (χ4n) is 8.13. The molecule has 0 aliphatic carbocycles. The summed E-state index contributed by atoms with van der Waals surface area (Å²) >= 11 is 0. The standard InChI is InChI=1S/C48H32N6/c1-3-4-10-40-31(2)53(46-18-11-32(26-49)21-43(40)46)38-16-14-35-29-52(37-8-6-5-7-9-37)30-36-15-17-39(25-42(36)41(35)24-38)54-47-19-12-33(27-50)22-44(47)45-23-34(28-51)13-20-48(45)54/h3-25H,1,29-30H2,2H3/b10-4-. The Kier molecular flexibility index (Phi) is 7.71. The normalized spacial score (nSPS) is 12.3. The molecule has 6 heteroatoms. The highest BCUT2D eigenvalue weighted by Gasteiger charge is 2.24. The number of hydrogen-bond donors (Lipinski definition) is 0. The van der Waals surface area contributed by atoms with Crippen LogP contribution in [0, 0.1) is 40.9 Å². The second kappa shape index (κ2) is 12.9. The van der Waals surface area contributed by atoms with Gasteiger partial charge in [0.2, 0.25) is 0 Å². The van der Waals surface area contributed by atoms with Crippen molar-refractivity contribution in [2.24, 2.45) is 0 Å². The molecule has 0 saturated heterocycles. The smallest absolute Gasteiger partial charge is 0.0991 e. The summed E-state index contributed by atoms with van der Waals surface area (Å²) < 4.78 is 4.53. The number of para-hydroxylation sites is 1. The third-order valence-corrected chi connectivity index (χ3v) is 10.6. The number of nitriles is 3. The van der Waals surface area contributed by atoms with Gasteiger partial charge in [0.05, 0.1) is 51.4 Å². The molecule has 2 aromatic heterocycles. The predicted molar refractivity (Wildman–Crippen MR) is 217 cm³/mol. The lowest BCUT2D eigenvalue weighted by molar-refractivity contribution is 0.812. The van der Waals surface area contributed by atoms with Gasteiger partial charge in [-0.05, 0) is 120 Å². The van der Waals surface area contributed by atoms with Crippen molar-refractivity contribution in [3.8, 4) is 40.7 Å². The zero-order chi connectivity index (χ0) is 36.9. The van der Waals surface area contributed by atoms with E-state index in [1.165, 1.54) is 11.1 Å².